The van der Waals surface area contributed by atoms with Gasteiger partial charge in [-0.05, 0) is 105 Å². The minimum atomic E-state index is -0.322. The van der Waals surface area contributed by atoms with Gasteiger partial charge in [0, 0.05) is 23.1 Å². The van der Waals surface area contributed by atoms with Crippen molar-refractivity contribution in [1.82, 2.24) is 9.47 Å². The summed E-state index contributed by atoms with van der Waals surface area (Å²) in [4.78, 5) is 33.5. The van der Waals surface area contributed by atoms with Crippen molar-refractivity contribution in [1.29, 1.82) is 0 Å². The van der Waals surface area contributed by atoms with Gasteiger partial charge in [0.2, 0.25) is 0 Å². The Kier molecular flexibility index (Phi) is 8.07. The molecule has 39 heavy (non-hydrogen) atoms. The van der Waals surface area contributed by atoms with Gasteiger partial charge in [0.05, 0.1) is 22.8 Å². The third-order valence-corrected chi connectivity index (χ3v) is 8.59. The van der Waals surface area contributed by atoms with E-state index in [-0.39, 0.29) is 17.9 Å². The maximum absolute atomic E-state index is 13.9. The van der Waals surface area contributed by atoms with Crippen molar-refractivity contribution in [3.63, 3.8) is 0 Å². The van der Waals surface area contributed by atoms with Crippen LogP contribution in [0.25, 0.3) is 11.8 Å². The summed E-state index contributed by atoms with van der Waals surface area (Å²) >= 11 is 1.47. The lowest BCUT2D eigenvalue weighted by Gasteiger charge is -2.35. The molecule has 2 aliphatic rings. The molecule has 0 spiro atoms. The van der Waals surface area contributed by atoms with Crippen molar-refractivity contribution < 1.29 is 14.3 Å². The average Bonchev–Trinajstić information content (AvgIpc) is 3.39. The second-order valence-electron chi connectivity index (χ2n) is 10.3. The van der Waals surface area contributed by atoms with Crippen molar-refractivity contribution in [2.75, 3.05) is 6.61 Å². The number of amides is 1. The molecule has 1 aliphatic carbocycles. The minimum absolute atomic E-state index is 0.0389. The zero-order valence-corrected chi connectivity index (χ0v) is 23.8. The van der Waals surface area contributed by atoms with Crippen LogP contribution in [-0.2, 0) is 9.53 Å². The largest absolute Gasteiger partial charge is 0.462 e. The zero-order valence-electron chi connectivity index (χ0n) is 23.0. The minimum Gasteiger partial charge on any atom is -0.462 e. The lowest BCUT2D eigenvalue weighted by Crippen LogP contribution is -2.44. The molecule has 7 heteroatoms. The average molecular weight is 542 g/mol. The number of ether oxygens (including phenoxy) is 1. The van der Waals surface area contributed by atoms with E-state index in [1.807, 2.05) is 53.4 Å². The topological polar surface area (TPSA) is 63.9 Å². The molecule has 3 aromatic rings. The Morgan fingerprint density at radius 2 is 1.79 bits per heavy atom. The number of esters is 1. The van der Waals surface area contributed by atoms with Crippen LogP contribution < -0.4 is 0 Å². The van der Waals surface area contributed by atoms with Crippen LogP contribution in [0.4, 0.5) is 5.69 Å². The van der Waals surface area contributed by atoms with E-state index >= 15 is 0 Å². The Hall–Kier alpha value is -3.58. The fraction of sp³-hybridized carbons (Fsp3) is 0.344. The predicted octanol–water partition coefficient (Wildman–Crippen LogP) is 7.45. The van der Waals surface area contributed by atoms with E-state index < -0.39 is 0 Å². The van der Waals surface area contributed by atoms with E-state index in [9.17, 15) is 9.59 Å². The number of benzene rings is 2. The summed E-state index contributed by atoms with van der Waals surface area (Å²) in [5.41, 5.74) is 5.41. The molecule has 2 fully saturated rings. The van der Waals surface area contributed by atoms with Gasteiger partial charge < -0.3 is 9.30 Å². The maximum Gasteiger partial charge on any atom is 0.338 e. The molecular weight excluding hydrogens is 506 g/mol. The van der Waals surface area contributed by atoms with E-state index in [2.05, 4.69) is 31.4 Å². The second-order valence-corrected chi connectivity index (χ2v) is 11.3. The predicted molar refractivity (Wildman–Crippen MR) is 159 cm³/mol. The van der Waals surface area contributed by atoms with Gasteiger partial charge in [0.15, 0.2) is 5.17 Å². The Labute approximate surface area is 234 Å². The molecule has 0 bridgehead atoms. The van der Waals surface area contributed by atoms with Gasteiger partial charge in [0.25, 0.3) is 5.91 Å². The van der Waals surface area contributed by atoms with Crippen LogP contribution >= 0.6 is 11.8 Å². The number of aromatic nitrogens is 1. The molecule has 5 rings (SSSR count). The molecule has 6 nitrogen and oxygen atoms in total. The number of para-hydroxylation sites is 1. The third kappa shape index (κ3) is 5.59. The molecule has 1 aromatic heterocycles. The second kappa shape index (κ2) is 11.7. The summed E-state index contributed by atoms with van der Waals surface area (Å²) in [5, 5.41) is 0.763. The number of thioether (sulfide) groups is 1. The molecule has 1 amide bonds. The fourth-order valence-corrected chi connectivity index (χ4v) is 6.62. The summed E-state index contributed by atoms with van der Waals surface area (Å²) in [6.45, 7) is 8.51. The number of nitrogens with zero attached hydrogens (tertiary/aromatic N) is 3. The summed E-state index contributed by atoms with van der Waals surface area (Å²) in [5.74, 6) is 0.153. The SMILES string of the molecule is CCOC(=O)c1ccc(-n2c(C)cc(/C=C3\SC(=Nc4ccccc4)N([C@@H]4CCCC[C@@H]4C)C3=O)c2C)cc1. The van der Waals surface area contributed by atoms with Gasteiger partial charge in [-0.1, -0.05) is 38.0 Å². The van der Waals surface area contributed by atoms with E-state index in [0.29, 0.717) is 23.0 Å². The van der Waals surface area contributed by atoms with Gasteiger partial charge >= 0.3 is 5.97 Å². The van der Waals surface area contributed by atoms with Crippen molar-refractivity contribution in [3.8, 4) is 5.69 Å². The molecule has 2 aromatic carbocycles. The van der Waals surface area contributed by atoms with Crippen LogP contribution in [0, 0.1) is 19.8 Å². The number of carbonyl (C=O) groups is 2. The lowest BCUT2D eigenvalue weighted by molar-refractivity contribution is -0.124. The lowest BCUT2D eigenvalue weighted by atomic mass is 9.85. The van der Waals surface area contributed by atoms with Crippen LogP contribution in [0.3, 0.4) is 0 Å². The molecule has 0 unspecified atom stereocenters. The highest BCUT2D eigenvalue weighted by atomic mass is 32.2. The van der Waals surface area contributed by atoms with Crippen molar-refractivity contribution in [2.45, 2.75) is 59.4 Å². The van der Waals surface area contributed by atoms with Crippen molar-refractivity contribution in [3.05, 3.63) is 88.1 Å². The summed E-state index contributed by atoms with van der Waals surface area (Å²) in [7, 11) is 0. The van der Waals surface area contributed by atoms with E-state index in [1.54, 1.807) is 19.1 Å². The Bertz CT molecular complexity index is 1420. The molecule has 2 heterocycles. The van der Waals surface area contributed by atoms with E-state index in [4.69, 9.17) is 9.73 Å². The van der Waals surface area contributed by atoms with Crippen LogP contribution in [-0.4, -0.2) is 39.2 Å². The Morgan fingerprint density at radius 3 is 2.49 bits per heavy atom. The number of aryl methyl sites for hydroxylation is 1. The summed E-state index contributed by atoms with van der Waals surface area (Å²) < 4.78 is 7.26. The normalized spacial score (nSPS) is 21.6. The standard InChI is InChI=1S/C32H35N3O3S/c1-5-38-31(37)24-15-17-27(18-16-24)34-22(3)19-25(23(34)4)20-29-30(36)35(28-14-10-9-11-21(28)2)32(39-29)33-26-12-7-6-8-13-26/h6-8,12-13,15-21,28H,5,9-11,14H2,1-4H3/b29-20-,33-32?/t21-,28+/m0/s1. The molecule has 1 aliphatic heterocycles. The number of aliphatic imine (C=N–C) groups is 1. The highest BCUT2D eigenvalue weighted by molar-refractivity contribution is 8.18. The monoisotopic (exact) mass is 541 g/mol. The van der Waals surface area contributed by atoms with Gasteiger partial charge in [-0.3, -0.25) is 9.69 Å². The van der Waals surface area contributed by atoms with Gasteiger partial charge in [0.1, 0.15) is 0 Å². The van der Waals surface area contributed by atoms with Crippen LogP contribution in [0.5, 0.6) is 0 Å². The first-order valence-corrected chi connectivity index (χ1v) is 14.5. The highest BCUT2D eigenvalue weighted by Gasteiger charge is 2.41. The first kappa shape index (κ1) is 27.0. The molecular formula is C32H35N3O3S. The number of amidine groups is 1. The number of carbonyl (C=O) groups excluding carboxylic acids is 2. The quantitative estimate of drug-likeness (QED) is 0.240. The van der Waals surface area contributed by atoms with E-state index in [0.717, 1.165) is 52.8 Å². The Balaban J connectivity index is 1.48. The summed E-state index contributed by atoms with van der Waals surface area (Å²) in [6.07, 6.45) is 6.50. The first-order chi connectivity index (χ1) is 18.9. The maximum atomic E-state index is 13.9. The third-order valence-electron chi connectivity index (χ3n) is 7.61. The molecule has 2 atom stereocenters. The number of hydrogen-bond donors (Lipinski definition) is 0. The highest BCUT2D eigenvalue weighted by Crippen LogP contribution is 2.40. The van der Waals surface area contributed by atoms with Gasteiger partial charge in [-0.25, -0.2) is 9.79 Å². The van der Waals surface area contributed by atoms with Crippen LogP contribution in [0.2, 0.25) is 0 Å². The van der Waals surface area contributed by atoms with Crippen molar-refractivity contribution in [2.24, 2.45) is 10.9 Å². The molecule has 202 valence electrons. The molecule has 0 N–H and O–H groups in total. The van der Waals surface area contributed by atoms with Gasteiger partial charge in [-0.15, -0.1) is 0 Å². The summed E-state index contributed by atoms with van der Waals surface area (Å²) in [6, 6.07) is 19.6. The smallest absolute Gasteiger partial charge is 0.338 e. The number of hydrogen-bond acceptors (Lipinski definition) is 5. The van der Waals surface area contributed by atoms with Crippen LogP contribution in [0.1, 0.15) is 66.8 Å². The van der Waals surface area contributed by atoms with Gasteiger partial charge in [-0.2, -0.15) is 0 Å². The Morgan fingerprint density at radius 1 is 1.08 bits per heavy atom. The molecule has 0 radical (unpaired) electrons. The number of rotatable bonds is 6. The van der Waals surface area contributed by atoms with Crippen LogP contribution in [0.15, 0.2) is 70.6 Å². The van der Waals surface area contributed by atoms with E-state index in [1.165, 1.54) is 18.2 Å². The van der Waals surface area contributed by atoms with Crippen molar-refractivity contribution >= 4 is 40.6 Å². The fourth-order valence-electron chi connectivity index (χ4n) is 5.58. The first-order valence-electron chi connectivity index (χ1n) is 13.7. The molecule has 1 saturated heterocycles. The zero-order chi connectivity index (χ0) is 27.5. The molecule has 1 saturated carbocycles.